The Bertz CT molecular complexity index is 462. The number of nitrogens with two attached hydrogens (primary N) is 1. The molecule has 1 aromatic heterocycles. The fourth-order valence-corrected chi connectivity index (χ4v) is 1.94. The van der Waals surface area contributed by atoms with Crippen LogP contribution in [0.1, 0.15) is 13.0 Å². The number of nitrogen functional groups attached to an aromatic ring is 1. The summed E-state index contributed by atoms with van der Waals surface area (Å²) in [5.41, 5.74) is 7.89. The molecule has 2 rings (SSSR count). The maximum absolute atomic E-state index is 5.97. The zero-order valence-electron chi connectivity index (χ0n) is 9.10. The first-order valence-corrected chi connectivity index (χ1v) is 5.08. The van der Waals surface area contributed by atoms with Crippen molar-refractivity contribution in [3.63, 3.8) is 0 Å². The molecule has 0 spiro atoms. The summed E-state index contributed by atoms with van der Waals surface area (Å²) in [6, 6.07) is 8.36. The SMILES string of the molecule is COCC(C)n1ccc2cccc(N)c21. The summed E-state index contributed by atoms with van der Waals surface area (Å²) in [5, 5.41) is 1.18. The number of hydrogen-bond acceptors (Lipinski definition) is 2. The van der Waals surface area contributed by atoms with E-state index in [0.29, 0.717) is 12.6 Å². The number of aromatic nitrogens is 1. The van der Waals surface area contributed by atoms with Gasteiger partial charge in [0, 0.05) is 18.7 Å². The number of rotatable bonds is 3. The van der Waals surface area contributed by atoms with E-state index in [1.807, 2.05) is 12.1 Å². The molecule has 0 aliphatic rings. The van der Waals surface area contributed by atoms with E-state index in [1.165, 1.54) is 5.39 Å². The molecule has 0 saturated carbocycles. The van der Waals surface area contributed by atoms with E-state index >= 15 is 0 Å². The Kier molecular flexibility index (Phi) is 2.64. The molecule has 0 fully saturated rings. The van der Waals surface area contributed by atoms with Gasteiger partial charge in [0.2, 0.25) is 0 Å². The quantitative estimate of drug-likeness (QED) is 0.780. The molecule has 0 bridgehead atoms. The van der Waals surface area contributed by atoms with E-state index in [-0.39, 0.29) is 0 Å². The molecule has 0 aliphatic heterocycles. The maximum Gasteiger partial charge on any atom is 0.0717 e. The highest BCUT2D eigenvalue weighted by molar-refractivity contribution is 5.90. The summed E-state index contributed by atoms with van der Waals surface area (Å²) in [6.45, 7) is 2.81. The van der Waals surface area contributed by atoms with E-state index in [1.54, 1.807) is 7.11 Å². The third-order valence-electron chi connectivity index (χ3n) is 2.65. The Labute approximate surface area is 89.4 Å². The Morgan fingerprint density at radius 2 is 2.20 bits per heavy atom. The van der Waals surface area contributed by atoms with Gasteiger partial charge in [0.1, 0.15) is 0 Å². The molecule has 1 atom stereocenters. The van der Waals surface area contributed by atoms with Crippen LogP contribution in [0.5, 0.6) is 0 Å². The van der Waals surface area contributed by atoms with Crippen LogP contribution in [0.15, 0.2) is 30.5 Å². The van der Waals surface area contributed by atoms with Gasteiger partial charge in [-0.3, -0.25) is 0 Å². The monoisotopic (exact) mass is 204 g/mol. The van der Waals surface area contributed by atoms with Gasteiger partial charge in [0.15, 0.2) is 0 Å². The van der Waals surface area contributed by atoms with Gasteiger partial charge in [-0.15, -0.1) is 0 Å². The normalized spacial score (nSPS) is 13.2. The zero-order chi connectivity index (χ0) is 10.8. The lowest BCUT2D eigenvalue weighted by Gasteiger charge is -2.15. The van der Waals surface area contributed by atoms with Crippen LogP contribution in [0, 0.1) is 0 Å². The number of para-hydroxylation sites is 1. The highest BCUT2D eigenvalue weighted by atomic mass is 16.5. The smallest absolute Gasteiger partial charge is 0.0717 e. The van der Waals surface area contributed by atoms with Crippen molar-refractivity contribution in [1.29, 1.82) is 0 Å². The molecule has 1 unspecified atom stereocenters. The Hall–Kier alpha value is -1.48. The largest absolute Gasteiger partial charge is 0.397 e. The summed E-state index contributed by atoms with van der Waals surface area (Å²) in [6.07, 6.45) is 2.06. The molecule has 0 radical (unpaired) electrons. The molecule has 0 aliphatic carbocycles. The van der Waals surface area contributed by atoms with Gasteiger partial charge in [-0.05, 0) is 19.1 Å². The Morgan fingerprint density at radius 3 is 2.93 bits per heavy atom. The molecule has 0 amide bonds. The average Bonchev–Trinajstić information content (AvgIpc) is 2.63. The van der Waals surface area contributed by atoms with Crippen LogP contribution < -0.4 is 5.73 Å². The minimum absolute atomic E-state index is 0.303. The van der Waals surface area contributed by atoms with Crippen molar-refractivity contribution in [3.8, 4) is 0 Å². The van der Waals surface area contributed by atoms with Crippen LogP contribution in [0.2, 0.25) is 0 Å². The first-order valence-electron chi connectivity index (χ1n) is 5.08. The Balaban J connectivity index is 2.52. The van der Waals surface area contributed by atoms with Gasteiger partial charge in [0.25, 0.3) is 0 Å². The average molecular weight is 204 g/mol. The predicted octanol–water partition coefficient (Wildman–Crippen LogP) is 2.43. The highest BCUT2D eigenvalue weighted by Crippen LogP contribution is 2.25. The van der Waals surface area contributed by atoms with Crippen LogP contribution in [-0.2, 0) is 4.74 Å². The topological polar surface area (TPSA) is 40.2 Å². The number of nitrogens with zero attached hydrogens (tertiary/aromatic N) is 1. The van der Waals surface area contributed by atoms with Crippen molar-refractivity contribution in [2.24, 2.45) is 0 Å². The zero-order valence-corrected chi connectivity index (χ0v) is 9.10. The first-order chi connectivity index (χ1) is 7.24. The summed E-state index contributed by atoms with van der Waals surface area (Å²) in [4.78, 5) is 0. The number of fused-ring (bicyclic) bond motifs is 1. The summed E-state index contributed by atoms with van der Waals surface area (Å²) < 4.78 is 7.32. The van der Waals surface area contributed by atoms with Crippen LogP contribution in [-0.4, -0.2) is 18.3 Å². The number of hydrogen-bond donors (Lipinski definition) is 1. The second-order valence-corrected chi connectivity index (χ2v) is 3.81. The van der Waals surface area contributed by atoms with Crippen LogP contribution >= 0.6 is 0 Å². The summed E-state index contributed by atoms with van der Waals surface area (Å²) >= 11 is 0. The molecule has 3 heteroatoms. The third-order valence-corrected chi connectivity index (χ3v) is 2.65. The van der Waals surface area contributed by atoms with Crippen molar-refractivity contribution in [2.75, 3.05) is 19.5 Å². The van der Waals surface area contributed by atoms with Gasteiger partial charge in [-0.2, -0.15) is 0 Å². The molecular weight excluding hydrogens is 188 g/mol. The van der Waals surface area contributed by atoms with Crippen LogP contribution in [0.4, 0.5) is 5.69 Å². The molecule has 15 heavy (non-hydrogen) atoms. The van der Waals surface area contributed by atoms with E-state index in [2.05, 4.69) is 29.8 Å². The van der Waals surface area contributed by atoms with E-state index in [0.717, 1.165) is 11.2 Å². The summed E-state index contributed by atoms with van der Waals surface area (Å²) in [7, 11) is 1.71. The molecule has 1 heterocycles. The minimum Gasteiger partial charge on any atom is -0.397 e. The van der Waals surface area contributed by atoms with Crippen LogP contribution in [0.25, 0.3) is 10.9 Å². The molecule has 80 valence electrons. The summed E-state index contributed by atoms with van der Waals surface area (Å²) in [5.74, 6) is 0. The predicted molar refractivity (Wildman–Crippen MR) is 62.9 cm³/mol. The number of anilines is 1. The lowest BCUT2D eigenvalue weighted by Crippen LogP contribution is -2.10. The molecule has 0 saturated heterocycles. The lowest BCUT2D eigenvalue weighted by molar-refractivity contribution is 0.164. The first kappa shape index (κ1) is 10.1. The number of benzene rings is 1. The molecule has 1 aromatic carbocycles. The van der Waals surface area contributed by atoms with E-state index < -0.39 is 0 Å². The van der Waals surface area contributed by atoms with Gasteiger partial charge in [-0.1, -0.05) is 12.1 Å². The fourth-order valence-electron chi connectivity index (χ4n) is 1.94. The molecule has 2 N–H and O–H groups in total. The van der Waals surface area contributed by atoms with Crippen molar-refractivity contribution >= 4 is 16.6 Å². The van der Waals surface area contributed by atoms with E-state index in [9.17, 15) is 0 Å². The van der Waals surface area contributed by atoms with Gasteiger partial charge >= 0.3 is 0 Å². The minimum atomic E-state index is 0.303. The third kappa shape index (κ3) is 1.70. The van der Waals surface area contributed by atoms with Crippen molar-refractivity contribution in [1.82, 2.24) is 4.57 Å². The molecular formula is C12H16N2O. The van der Waals surface area contributed by atoms with Crippen molar-refractivity contribution in [3.05, 3.63) is 30.5 Å². The second-order valence-electron chi connectivity index (χ2n) is 3.81. The molecule has 3 nitrogen and oxygen atoms in total. The van der Waals surface area contributed by atoms with E-state index in [4.69, 9.17) is 10.5 Å². The van der Waals surface area contributed by atoms with Gasteiger partial charge in [-0.25, -0.2) is 0 Å². The molecule has 2 aromatic rings. The highest BCUT2D eigenvalue weighted by Gasteiger charge is 2.09. The standard InChI is InChI=1S/C12H16N2O/c1-9(8-15-2)14-7-6-10-4-3-5-11(13)12(10)14/h3-7,9H,8,13H2,1-2H3. The van der Waals surface area contributed by atoms with Crippen molar-refractivity contribution < 1.29 is 4.74 Å². The van der Waals surface area contributed by atoms with Gasteiger partial charge < -0.3 is 15.0 Å². The lowest BCUT2D eigenvalue weighted by atomic mass is 10.2. The number of ether oxygens (including phenoxy) is 1. The van der Waals surface area contributed by atoms with Gasteiger partial charge in [0.05, 0.1) is 23.9 Å². The van der Waals surface area contributed by atoms with Crippen LogP contribution in [0.3, 0.4) is 0 Å². The Morgan fingerprint density at radius 1 is 1.40 bits per heavy atom. The second kappa shape index (κ2) is 3.95. The van der Waals surface area contributed by atoms with Crippen molar-refractivity contribution in [2.45, 2.75) is 13.0 Å². The fraction of sp³-hybridized carbons (Fsp3) is 0.333. The maximum atomic E-state index is 5.97. The number of methoxy groups -OCH3 is 1.